The van der Waals surface area contributed by atoms with Gasteiger partial charge in [-0.05, 0) is 31.6 Å². The lowest BCUT2D eigenvalue weighted by atomic mass is 9.86. The number of nitrogens with zero attached hydrogens (tertiary/aromatic N) is 3. The van der Waals surface area contributed by atoms with Crippen LogP contribution in [0.3, 0.4) is 0 Å². The van der Waals surface area contributed by atoms with Crippen molar-refractivity contribution in [2.75, 3.05) is 10.7 Å². The van der Waals surface area contributed by atoms with Gasteiger partial charge >= 0.3 is 0 Å². The first kappa shape index (κ1) is 18.6. The highest BCUT2D eigenvalue weighted by atomic mass is 32.2. The first-order valence-corrected chi connectivity index (χ1v) is 11.0. The highest BCUT2D eigenvalue weighted by Crippen LogP contribution is 2.36. The van der Waals surface area contributed by atoms with E-state index >= 15 is 0 Å². The van der Waals surface area contributed by atoms with E-state index in [1.807, 2.05) is 6.92 Å². The van der Waals surface area contributed by atoms with Gasteiger partial charge in [-0.15, -0.1) is 10.2 Å². The van der Waals surface area contributed by atoms with Gasteiger partial charge in [0.1, 0.15) is 0 Å². The molecule has 2 unspecified atom stereocenters. The number of anilines is 1. The highest BCUT2D eigenvalue weighted by molar-refractivity contribution is 8.01. The maximum Gasteiger partial charge on any atom is 0.230 e. The molecular formula is C17H26N4O2S2. The monoisotopic (exact) mass is 382 g/mol. The van der Waals surface area contributed by atoms with E-state index in [2.05, 4.69) is 22.4 Å². The lowest BCUT2D eigenvalue weighted by Crippen LogP contribution is -2.41. The minimum atomic E-state index is 0.0594. The summed E-state index contributed by atoms with van der Waals surface area (Å²) >= 11 is 2.81. The Morgan fingerprint density at radius 2 is 2.00 bits per heavy atom. The van der Waals surface area contributed by atoms with Crippen molar-refractivity contribution in [2.45, 2.75) is 75.2 Å². The Bertz CT molecular complexity index is 618. The topological polar surface area (TPSA) is 75.2 Å². The summed E-state index contributed by atoms with van der Waals surface area (Å²) < 4.78 is 0.747. The third-order valence-corrected chi connectivity index (χ3v) is 6.93. The number of carbonyl (C=O) groups is 2. The van der Waals surface area contributed by atoms with Gasteiger partial charge in [0.05, 0.1) is 5.75 Å². The molecule has 6 nitrogen and oxygen atoms in total. The summed E-state index contributed by atoms with van der Waals surface area (Å²) in [4.78, 5) is 26.1. The molecule has 2 atom stereocenters. The Hall–Kier alpha value is -1.15. The van der Waals surface area contributed by atoms with Gasteiger partial charge in [-0.25, -0.2) is 0 Å². The molecule has 1 heterocycles. The van der Waals surface area contributed by atoms with E-state index in [9.17, 15) is 9.59 Å². The van der Waals surface area contributed by atoms with Gasteiger partial charge in [0.2, 0.25) is 16.9 Å². The number of thioether (sulfide) groups is 1. The average Bonchev–Trinajstić information content (AvgIpc) is 3.33. The van der Waals surface area contributed by atoms with Crippen LogP contribution in [0.2, 0.25) is 0 Å². The van der Waals surface area contributed by atoms with E-state index in [1.165, 1.54) is 42.4 Å². The van der Waals surface area contributed by atoms with E-state index in [0.29, 0.717) is 29.3 Å². The normalized spacial score (nSPS) is 23.3. The standard InChI is InChI=1S/C17H26N4O2S2/c1-3-15(23)21(12-8-9-12)16-19-20-17(25-16)24-10-14(22)18-13-7-5-4-6-11(13)2/h11-13H,3-10H2,1-2H3,(H,18,22). The smallest absolute Gasteiger partial charge is 0.230 e. The number of rotatable bonds is 7. The fourth-order valence-electron chi connectivity index (χ4n) is 3.23. The molecule has 2 aliphatic carbocycles. The quantitative estimate of drug-likeness (QED) is 0.579. The summed E-state index contributed by atoms with van der Waals surface area (Å²) in [5.41, 5.74) is 0. The number of hydrogen-bond donors (Lipinski definition) is 1. The molecule has 0 radical (unpaired) electrons. The fraction of sp³-hybridized carbons (Fsp3) is 0.765. The maximum atomic E-state index is 12.2. The maximum absolute atomic E-state index is 12.2. The molecule has 0 spiro atoms. The molecule has 2 saturated carbocycles. The van der Waals surface area contributed by atoms with Gasteiger partial charge in [0.15, 0.2) is 4.34 Å². The molecule has 0 aliphatic heterocycles. The van der Waals surface area contributed by atoms with Crippen molar-refractivity contribution in [3.05, 3.63) is 0 Å². The minimum Gasteiger partial charge on any atom is -0.352 e. The van der Waals surface area contributed by atoms with Gasteiger partial charge in [-0.2, -0.15) is 0 Å². The zero-order valence-electron chi connectivity index (χ0n) is 14.9. The molecule has 0 aromatic carbocycles. The van der Waals surface area contributed by atoms with Crippen molar-refractivity contribution in [3.63, 3.8) is 0 Å². The van der Waals surface area contributed by atoms with Gasteiger partial charge in [0, 0.05) is 18.5 Å². The van der Waals surface area contributed by atoms with Gasteiger partial charge in [-0.3, -0.25) is 14.5 Å². The van der Waals surface area contributed by atoms with E-state index in [1.54, 1.807) is 4.90 Å². The molecule has 1 N–H and O–H groups in total. The van der Waals surface area contributed by atoms with Gasteiger partial charge in [0.25, 0.3) is 0 Å². The number of nitrogens with one attached hydrogen (secondary N) is 1. The first-order valence-electron chi connectivity index (χ1n) is 9.16. The molecule has 1 aromatic heterocycles. The first-order chi connectivity index (χ1) is 12.1. The van der Waals surface area contributed by atoms with Crippen LogP contribution in [0.25, 0.3) is 0 Å². The predicted molar refractivity (Wildman–Crippen MR) is 101 cm³/mol. The molecule has 1 aromatic rings. The number of hydrogen-bond acceptors (Lipinski definition) is 6. The number of aromatic nitrogens is 2. The lowest BCUT2D eigenvalue weighted by molar-refractivity contribution is -0.120. The molecule has 2 amide bonds. The van der Waals surface area contributed by atoms with E-state index in [4.69, 9.17) is 0 Å². The largest absolute Gasteiger partial charge is 0.352 e. The van der Waals surface area contributed by atoms with Crippen molar-refractivity contribution >= 4 is 40.0 Å². The van der Waals surface area contributed by atoms with Crippen LogP contribution >= 0.6 is 23.1 Å². The summed E-state index contributed by atoms with van der Waals surface area (Å²) in [7, 11) is 0. The molecule has 138 valence electrons. The van der Waals surface area contributed by atoms with Crippen LogP contribution in [0.4, 0.5) is 5.13 Å². The predicted octanol–water partition coefficient (Wildman–Crippen LogP) is 3.23. The second kappa shape index (κ2) is 8.49. The molecule has 25 heavy (non-hydrogen) atoms. The second-order valence-corrected chi connectivity index (χ2v) is 9.10. The number of amides is 2. The fourth-order valence-corrected chi connectivity index (χ4v) is 4.98. The Balaban J connectivity index is 1.51. The van der Waals surface area contributed by atoms with Gasteiger partial charge < -0.3 is 5.32 Å². The van der Waals surface area contributed by atoms with Gasteiger partial charge in [-0.1, -0.05) is 49.8 Å². The highest BCUT2D eigenvalue weighted by Gasteiger charge is 2.35. The minimum absolute atomic E-state index is 0.0594. The Morgan fingerprint density at radius 1 is 1.24 bits per heavy atom. The third kappa shape index (κ3) is 4.94. The molecule has 2 aliphatic rings. The van der Waals surface area contributed by atoms with Crippen molar-refractivity contribution in [1.82, 2.24) is 15.5 Å². The van der Waals surface area contributed by atoms with Crippen molar-refractivity contribution < 1.29 is 9.59 Å². The zero-order chi connectivity index (χ0) is 17.8. The van der Waals surface area contributed by atoms with Crippen molar-refractivity contribution in [2.24, 2.45) is 5.92 Å². The molecule has 8 heteroatoms. The second-order valence-electron chi connectivity index (χ2n) is 6.92. The van der Waals surface area contributed by atoms with Crippen LogP contribution in [-0.2, 0) is 9.59 Å². The zero-order valence-corrected chi connectivity index (χ0v) is 16.5. The van der Waals surface area contributed by atoms with Crippen LogP contribution in [0.1, 0.15) is 58.8 Å². The van der Waals surface area contributed by atoms with E-state index < -0.39 is 0 Å². The van der Waals surface area contributed by atoms with Crippen molar-refractivity contribution in [1.29, 1.82) is 0 Å². The lowest BCUT2D eigenvalue weighted by Gasteiger charge is -2.29. The van der Waals surface area contributed by atoms with Crippen LogP contribution in [0.5, 0.6) is 0 Å². The summed E-state index contributed by atoms with van der Waals surface area (Å²) in [5, 5.41) is 12.1. The summed E-state index contributed by atoms with van der Waals surface area (Å²) in [6.07, 6.45) is 7.29. The Kier molecular flexibility index (Phi) is 6.33. The summed E-state index contributed by atoms with van der Waals surface area (Å²) in [6.45, 7) is 4.08. The molecule has 3 rings (SSSR count). The van der Waals surface area contributed by atoms with Crippen LogP contribution < -0.4 is 10.2 Å². The average molecular weight is 383 g/mol. The van der Waals surface area contributed by atoms with Crippen LogP contribution in [-0.4, -0.2) is 39.8 Å². The Labute approximate surface area is 157 Å². The molecular weight excluding hydrogens is 356 g/mol. The summed E-state index contributed by atoms with van der Waals surface area (Å²) in [6, 6.07) is 0.591. The molecule has 0 bridgehead atoms. The molecule has 2 fully saturated rings. The third-order valence-electron chi connectivity index (χ3n) is 4.87. The van der Waals surface area contributed by atoms with Crippen LogP contribution in [0.15, 0.2) is 4.34 Å². The van der Waals surface area contributed by atoms with Crippen molar-refractivity contribution in [3.8, 4) is 0 Å². The number of carbonyl (C=O) groups excluding carboxylic acids is 2. The van der Waals surface area contributed by atoms with E-state index in [-0.39, 0.29) is 17.9 Å². The summed E-state index contributed by atoms with van der Waals surface area (Å²) in [5.74, 6) is 1.06. The van der Waals surface area contributed by atoms with E-state index in [0.717, 1.165) is 23.6 Å². The van der Waals surface area contributed by atoms with Crippen LogP contribution in [0, 0.1) is 5.92 Å². The SMILES string of the molecule is CCC(=O)N(c1nnc(SCC(=O)NC2CCCCC2C)s1)C1CC1. The molecule has 0 saturated heterocycles. The Morgan fingerprint density at radius 3 is 2.68 bits per heavy atom.